The van der Waals surface area contributed by atoms with Crippen LogP contribution >= 0.6 is 0 Å². The van der Waals surface area contributed by atoms with Crippen molar-refractivity contribution in [3.8, 4) is 0 Å². The summed E-state index contributed by atoms with van der Waals surface area (Å²) < 4.78 is 0. The highest BCUT2D eigenvalue weighted by Gasteiger charge is 2.34. The van der Waals surface area contributed by atoms with Crippen LogP contribution in [0.2, 0.25) is 0 Å². The lowest BCUT2D eigenvalue weighted by Gasteiger charge is -2.46. The minimum absolute atomic E-state index is 0.310. The highest BCUT2D eigenvalue weighted by Crippen LogP contribution is 2.28. The lowest BCUT2D eigenvalue weighted by molar-refractivity contribution is 0.0425. The van der Waals surface area contributed by atoms with Crippen molar-refractivity contribution in [1.29, 1.82) is 0 Å². The van der Waals surface area contributed by atoms with Gasteiger partial charge in [0.2, 0.25) is 0 Å². The summed E-state index contributed by atoms with van der Waals surface area (Å²) in [7, 11) is 0. The number of piperidine rings is 1. The van der Waals surface area contributed by atoms with E-state index in [4.69, 9.17) is 5.73 Å². The summed E-state index contributed by atoms with van der Waals surface area (Å²) in [5.74, 6) is 0.685. The van der Waals surface area contributed by atoms with E-state index in [1.807, 2.05) is 0 Å². The van der Waals surface area contributed by atoms with Crippen molar-refractivity contribution >= 4 is 0 Å². The zero-order chi connectivity index (χ0) is 12.4. The Morgan fingerprint density at radius 3 is 2.41 bits per heavy atom. The number of rotatable bonds is 2. The van der Waals surface area contributed by atoms with Gasteiger partial charge in [-0.3, -0.25) is 4.90 Å². The van der Waals surface area contributed by atoms with E-state index in [1.165, 1.54) is 5.56 Å². The van der Waals surface area contributed by atoms with Crippen molar-refractivity contribution in [2.45, 2.75) is 51.9 Å². The number of hydrogen-bond donors (Lipinski definition) is 1. The molecule has 0 aliphatic carbocycles. The molecule has 2 rings (SSSR count). The maximum atomic E-state index is 6.23. The first-order valence-electron chi connectivity index (χ1n) is 6.65. The van der Waals surface area contributed by atoms with Gasteiger partial charge in [0, 0.05) is 24.7 Å². The van der Waals surface area contributed by atoms with Crippen LogP contribution in [-0.2, 0) is 6.54 Å². The number of likely N-dealkylation sites (tertiary alicyclic amines) is 1. The first-order valence-corrected chi connectivity index (χ1v) is 6.65. The predicted octanol–water partition coefficient (Wildman–Crippen LogP) is 2.63. The van der Waals surface area contributed by atoms with Crippen LogP contribution in [0, 0.1) is 5.92 Å². The Morgan fingerprint density at radius 2 is 1.76 bits per heavy atom. The number of hydrogen-bond acceptors (Lipinski definition) is 2. The van der Waals surface area contributed by atoms with Crippen LogP contribution in [0.4, 0.5) is 0 Å². The first kappa shape index (κ1) is 12.6. The molecule has 1 aliphatic rings. The molecule has 0 aromatic heterocycles. The monoisotopic (exact) mass is 232 g/mol. The zero-order valence-corrected chi connectivity index (χ0v) is 11.1. The van der Waals surface area contributed by atoms with Crippen LogP contribution in [-0.4, -0.2) is 23.0 Å². The molecule has 0 bridgehead atoms. The lowest BCUT2D eigenvalue weighted by Crippen LogP contribution is -2.56. The summed E-state index contributed by atoms with van der Waals surface area (Å²) >= 11 is 0. The number of nitrogens with two attached hydrogens (primary N) is 1. The fourth-order valence-electron chi connectivity index (χ4n) is 2.85. The molecule has 0 saturated carbocycles. The second-order valence-corrected chi connectivity index (χ2v) is 5.52. The van der Waals surface area contributed by atoms with E-state index < -0.39 is 0 Å². The van der Waals surface area contributed by atoms with Crippen LogP contribution < -0.4 is 5.73 Å². The average molecular weight is 232 g/mol. The summed E-state index contributed by atoms with van der Waals surface area (Å²) in [6.07, 6.45) is 1.15. The van der Waals surface area contributed by atoms with Gasteiger partial charge in [0.1, 0.15) is 0 Å². The average Bonchev–Trinajstić information content (AvgIpc) is 2.33. The van der Waals surface area contributed by atoms with Crippen LogP contribution in [0.1, 0.15) is 32.8 Å². The molecule has 2 nitrogen and oxygen atoms in total. The van der Waals surface area contributed by atoms with Crippen LogP contribution in [0.25, 0.3) is 0 Å². The smallest absolute Gasteiger partial charge is 0.0240 e. The van der Waals surface area contributed by atoms with Crippen LogP contribution in [0.3, 0.4) is 0 Å². The van der Waals surface area contributed by atoms with Crippen molar-refractivity contribution in [1.82, 2.24) is 4.90 Å². The second kappa shape index (κ2) is 5.19. The highest BCUT2D eigenvalue weighted by atomic mass is 15.2. The molecule has 1 fully saturated rings. The third kappa shape index (κ3) is 2.70. The maximum absolute atomic E-state index is 6.23. The van der Waals surface area contributed by atoms with E-state index in [1.54, 1.807) is 0 Å². The molecular weight excluding hydrogens is 208 g/mol. The van der Waals surface area contributed by atoms with Gasteiger partial charge in [0.05, 0.1) is 0 Å². The fourth-order valence-corrected chi connectivity index (χ4v) is 2.85. The van der Waals surface area contributed by atoms with Gasteiger partial charge in [-0.25, -0.2) is 0 Å². The standard InChI is InChI=1S/C15H24N2/c1-11-9-15(16)13(3)17(12(11)2)10-14-7-5-4-6-8-14/h4-8,11-13,15H,9-10,16H2,1-3H3. The summed E-state index contributed by atoms with van der Waals surface area (Å²) in [4.78, 5) is 2.55. The molecule has 1 heterocycles. The van der Waals surface area contributed by atoms with Gasteiger partial charge < -0.3 is 5.73 Å². The highest BCUT2D eigenvalue weighted by molar-refractivity contribution is 5.15. The minimum Gasteiger partial charge on any atom is -0.326 e. The Hall–Kier alpha value is -0.860. The number of benzene rings is 1. The van der Waals surface area contributed by atoms with Crippen molar-refractivity contribution in [2.75, 3.05) is 0 Å². The number of nitrogens with zero attached hydrogens (tertiary/aromatic N) is 1. The first-order chi connectivity index (χ1) is 8.09. The Morgan fingerprint density at radius 1 is 1.12 bits per heavy atom. The van der Waals surface area contributed by atoms with Crippen molar-refractivity contribution in [3.63, 3.8) is 0 Å². The van der Waals surface area contributed by atoms with Gasteiger partial charge in [-0.05, 0) is 31.7 Å². The predicted molar refractivity (Wildman–Crippen MR) is 72.7 cm³/mol. The van der Waals surface area contributed by atoms with Crippen molar-refractivity contribution in [3.05, 3.63) is 35.9 Å². The summed E-state index contributed by atoms with van der Waals surface area (Å²) in [5, 5.41) is 0. The van der Waals surface area contributed by atoms with Crippen molar-refractivity contribution in [2.24, 2.45) is 11.7 Å². The molecule has 1 aromatic rings. The van der Waals surface area contributed by atoms with E-state index in [9.17, 15) is 0 Å². The molecule has 2 N–H and O–H groups in total. The van der Waals surface area contributed by atoms with E-state index in [-0.39, 0.29) is 0 Å². The Labute approximate surface area is 105 Å². The van der Waals surface area contributed by atoms with Crippen molar-refractivity contribution < 1.29 is 0 Å². The molecule has 2 heteroatoms. The molecule has 1 saturated heterocycles. The molecular formula is C15H24N2. The van der Waals surface area contributed by atoms with E-state index >= 15 is 0 Å². The third-order valence-electron chi connectivity index (χ3n) is 4.34. The molecule has 0 spiro atoms. The van der Waals surface area contributed by atoms with E-state index in [0.717, 1.165) is 13.0 Å². The molecule has 0 radical (unpaired) electrons. The summed E-state index contributed by atoms with van der Waals surface area (Å²) in [6.45, 7) is 7.92. The fraction of sp³-hybridized carbons (Fsp3) is 0.600. The SMILES string of the molecule is CC1CC(N)C(C)N(Cc2ccccc2)C1C. The van der Waals surface area contributed by atoms with Gasteiger partial charge in [0.15, 0.2) is 0 Å². The molecule has 1 aliphatic heterocycles. The second-order valence-electron chi connectivity index (χ2n) is 5.52. The Bertz CT molecular complexity index is 335. The zero-order valence-electron chi connectivity index (χ0n) is 11.1. The Balaban J connectivity index is 2.12. The molecule has 4 atom stereocenters. The molecule has 94 valence electrons. The topological polar surface area (TPSA) is 29.3 Å². The van der Waals surface area contributed by atoms with Gasteiger partial charge in [-0.1, -0.05) is 37.3 Å². The maximum Gasteiger partial charge on any atom is 0.0240 e. The molecule has 17 heavy (non-hydrogen) atoms. The van der Waals surface area contributed by atoms with Gasteiger partial charge >= 0.3 is 0 Å². The van der Waals surface area contributed by atoms with Crippen LogP contribution in [0.5, 0.6) is 0 Å². The molecule has 4 unspecified atom stereocenters. The molecule has 0 amide bonds. The van der Waals surface area contributed by atoms with Gasteiger partial charge in [0.25, 0.3) is 0 Å². The third-order valence-corrected chi connectivity index (χ3v) is 4.34. The normalized spacial score (nSPS) is 34.8. The Kier molecular flexibility index (Phi) is 3.85. The largest absolute Gasteiger partial charge is 0.326 e. The van der Waals surface area contributed by atoms with E-state index in [0.29, 0.717) is 24.0 Å². The van der Waals surface area contributed by atoms with Gasteiger partial charge in [-0.2, -0.15) is 0 Å². The summed E-state index contributed by atoms with van der Waals surface area (Å²) in [6, 6.07) is 12.1. The quantitative estimate of drug-likeness (QED) is 0.849. The summed E-state index contributed by atoms with van der Waals surface area (Å²) in [5.41, 5.74) is 7.62. The van der Waals surface area contributed by atoms with E-state index in [2.05, 4.69) is 56.0 Å². The van der Waals surface area contributed by atoms with Gasteiger partial charge in [-0.15, -0.1) is 0 Å². The van der Waals surface area contributed by atoms with Crippen LogP contribution in [0.15, 0.2) is 30.3 Å². The lowest BCUT2D eigenvalue weighted by atomic mass is 9.84. The minimum atomic E-state index is 0.310. The molecule has 1 aromatic carbocycles.